The van der Waals surface area contributed by atoms with Crippen molar-refractivity contribution in [3.05, 3.63) is 59.9 Å². The van der Waals surface area contributed by atoms with E-state index in [0.717, 1.165) is 0 Å². The number of carbonyl (C=O) groups excluding carboxylic acids is 2. The van der Waals surface area contributed by atoms with Crippen LogP contribution in [0.4, 0.5) is 10.1 Å². The Bertz CT molecular complexity index is 780. The second kappa shape index (κ2) is 9.71. The number of rotatable bonds is 8. The summed E-state index contributed by atoms with van der Waals surface area (Å²) in [6.07, 6.45) is 0.703. The molecule has 0 bridgehead atoms. The van der Waals surface area contributed by atoms with Crippen molar-refractivity contribution >= 4 is 17.5 Å². The molecule has 2 aromatic rings. The zero-order valence-corrected chi connectivity index (χ0v) is 15.8. The maximum Gasteiger partial charge on any atom is 0.251 e. The van der Waals surface area contributed by atoms with Gasteiger partial charge in [-0.15, -0.1) is 0 Å². The summed E-state index contributed by atoms with van der Waals surface area (Å²) in [5.41, 5.74) is 0.848. The van der Waals surface area contributed by atoms with Gasteiger partial charge in [-0.2, -0.15) is 0 Å². The van der Waals surface area contributed by atoms with E-state index in [1.807, 2.05) is 19.9 Å². The summed E-state index contributed by atoms with van der Waals surface area (Å²) in [7, 11) is 0. The summed E-state index contributed by atoms with van der Waals surface area (Å²) < 4.78 is 18.9. The standard InChI is InChI=1S/C21H25FN2O3/c1-4-14(3)19(24-20(25)15-9-7-6-8-10-15)21(26)23-17-12-11-16(22)13-18(17)27-5-2/h6-14,19H,4-5H2,1-3H3,(H,23,26)(H,24,25). The van der Waals surface area contributed by atoms with Gasteiger partial charge in [0.1, 0.15) is 17.6 Å². The highest BCUT2D eigenvalue weighted by Gasteiger charge is 2.27. The van der Waals surface area contributed by atoms with Crippen LogP contribution in [0, 0.1) is 11.7 Å². The molecule has 2 rings (SSSR count). The largest absolute Gasteiger partial charge is 0.492 e. The van der Waals surface area contributed by atoms with Gasteiger partial charge in [-0.3, -0.25) is 9.59 Å². The Morgan fingerprint density at radius 1 is 1.11 bits per heavy atom. The molecule has 5 nitrogen and oxygen atoms in total. The minimum absolute atomic E-state index is 0.0892. The number of anilines is 1. The molecular formula is C21H25FN2O3. The van der Waals surface area contributed by atoms with Crippen molar-refractivity contribution in [2.75, 3.05) is 11.9 Å². The molecule has 2 amide bonds. The van der Waals surface area contributed by atoms with Crippen LogP contribution in [0.5, 0.6) is 5.75 Å². The Hall–Kier alpha value is -2.89. The van der Waals surface area contributed by atoms with Crippen LogP contribution in [0.3, 0.4) is 0 Å². The second-order valence-corrected chi connectivity index (χ2v) is 6.27. The first-order valence-corrected chi connectivity index (χ1v) is 9.05. The fourth-order valence-electron chi connectivity index (χ4n) is 2.60. The highest BCUT2D eigenvalue weighted by atomic mass is 19.1. The molecule has 0 aliphatic carbocycles. The molecule has 2 aromatic carbocycles. The quantitative estimate of drug-likeness (QED) is 0.736. The van der Waals surface area contributed by atoms with Crippen molar-refractivity contribution < 1.29 is 18.7 Å². The van der Waals surface area contributed by atoms with Gasteiger partial charge in [-0.05, 0) is 37.1 Å². The lowest BCUT2D eigenvalue weighted by Gasteiger charge is -2.24. The van der Waals surface area contributed by atoms with Gasteiger partial charge in [0, 0.05) is 11.6 Å². The molecule has 0 spiro atoms. The van der Waals surface area contributed by atoms with Crippen molar-refractivity contribution in [2.45, 2.75) is 33.2 Å². The Kier molecular flexibility index (Phi) is 7.34. The average molecular weight is 372 g/mol. The lowest BCUT2D eigenvalue weighted by molar-refractivity contribution is -0.119. The molecular weight excluding hydrogens is 347 g/mol. The maximum absolute atomic E-state index is 13.5. The molecule has 0 fully saturated rings. The predicted octanol–water partition coefficient (Wildman–Crippen LogP) is 4.01. The van der Waals surface area contributed by atoms with E-state index in [1.165, 1.54) is 18.2 Å². The number of benzene rings is 2. The lowest BCUT2D eigenvalue weighted by Crippen LogP contribution is -2.47. The molecule has 144 valence electrons. The van der Waals surface area contributed by atoms with Gasteiger partial charge in [0.2, 0.25) is 5.91 Å². The topological polar surface area (TPSA) is 67.4 Å². The van der Waals surface area contributed by atoms with Crippen molar-refractivity contribution in [3.8, 4) is 5.75 Å². The van der Waals surface area contributed by atoms with Gasteiger partial charge in [0.15, 0.2) is 0 Å². The van der Waals surface area contributed by atoms with Crippen molar-refractivity contribution in [2.24, 2.45) is 5.92 Å². The number of nitrogens with one attached hydrogen (secondary N) is 2. The van der Waals surface area contributed by atoms with Gasteiger partial charge >= 0.3 is 0 Å². The fourth-order valence-corrected chi connectivity index (χ4v) is 2.60. The van der Waals surface area contributed by atoms with Crippen LogP contribution in [0.1, 0.15) is 37.6 Å². The summed E-state index contributed by atoms with van der Waals surface area (Å²) in [5.74, 6) is -0.981. The minimum atomic E-state index is -0.734. The number of carbonyl (C=O) groups is 2. The van der Waals surface area contributed by atoms with Crippen molar-refractivity contribution in [1.29, 1.82) is 0 Å². The first-order valence-electron chi connectivity index (χ1n) is 9.05. The first-order chi connectivity index (χ1) is 13.0. The van der Waals surface area contributed by atoms with Crippen LogP contribution in [0.2, 0.25) is 0 Å². The fraction of sp³-hybridized carbons (Fsp3) is 0.333. The monoisotopic (exact) mass is 372 g/mol. The van der Waals surface area contributed by atoms with Gasteiger partial charge in [-0.25, -0.2) is 4.39 Å². The number of hydrogen-bond donors (Lipinski definition) is 2. The molecule has 2 atom stereocenters. The van der Waals surface area contributed by atoms with Gasteiger partial charge in [-0.1, -0.05) is 38.5 Å². The Labute approximate surface area is 158 Å². The van der Waals surface area contributed by atoms with E-state index >= 15 is 0 Å². The zero-order valence-electron chi connectivity index (χ0n) is 15.8. The van der Waals surface area contributed by atoms with E-state index < -0.39 is 11.9 Å². The Morgan fingerprint density at radius 3 is 2.44 bits per heavy atom. The van der Waals surface area contributed by atoms with E-state index in [9.17, 15) is 14.0 Å². The van der Waals surface area contributed by atoms with E-state index in [0.29, 0.717) is 24.3 Å². The number of hydrogen-bond acceptors (Lipinski definition) is 3. The molecule has 0 saturated carbocycles. The highest BCUT2D eigenvalue weighted by Crippen LogP contribution is 2.26. The summed E-state index contributed by atoms with van der Waals surface area (Å²) in [6, 6.07) is 11.9. The molecule has 2 N–H and O–H groups in total. The van der Waals surface area contributed by atoms with Crippen LogP contribution < -0.4 is 15.4 Å². The van der Waals surface area contributed by atoms with E-state index in [-0.39, 0.29) is 23.5 Å². The number of amides is 2. The molecule has 0 heterocycles. The normalized spacial score (nSPS) is 12.7. The molecule has 0 saturated heterocycles. The molecule has 0 aliphatic rings. The minimum Gasteiger partial charge on any atom is -0.492 e. The second-order valence-electron chi connectivity index (χ2n) is 6.27. The summed E-state index contributed by atoms with van der Waals surface area (Å²) in [5, 5.41) is 5.55. The summed E-state index contributed by atoms with van der Waals surface area (Å²) in [6.45, 7) is 5.96. The molecule has 0 aliphatic heterocycles. The molecule has 27 heavy (non-hydrogen) atoms. The van der Waals surface area contributed by atoms with E-state index in [2.05, 4.69) is 10.6 Å². The third kappa shape index (κ3) is 5.54. The van der Waals surface area contributed by atoms with Gasteiger partial charge in [0.25, 0.3) is 5.91 Å². The predicted molar refractivity (Wildman–Crippen MR) is 103 cm³/mol. The van der Waals surface area contributed by atoms with Crippen LogP contribution in [-0.2, 0) is 4.79 Å². The zero-order chi connectivity index (χ0) is 19.8. The first kappa shape index (κ1) is 20.4. The molecule has 2 unspecified atom stereocenters. The average Bonchev–Trinajstić information content (AvgIpc) is 2.68. The van der Waals surface area contributed by atoms with Gasteiger partial charge in [0.05, 0.1) is 12.3 Å². The van der Waals surface area contributed by atoms with Crippen LogP contribution in [0.25, 0.3) is 0 Å². The van der Waals surface area contributed by atoms with E-state index in [4.69, 9.17) is 4.74 Å². The maximum atomic E-state index is 13.5. The highest BCUT2D eigenvalue weighted by molar-refractivity contribution is 6.01. The number of ether oxygens (including phenoxy) is 1. The van der Waals surface area contributed by atoms with Gasteiger partial charge < -0.3 is 15.4 Å². The van der Waals surface area contributed by atoms with Crippen LogP contribution in [0.15, 0.2) is 48.5 Å². The van der Waals surface area contributed by atoms with Crippen molar-refractivity contribution in [3.63, 3.8) is 0 Å². The summed E-state index contributed by atoms with van der Waals surface area (Å²) >= 11 is 0. The third-order valence-corrected chi connectivity index (χ3v) is 4.32. The molecule has 6 heteroatoms. The lowest BCUT2D eigenvalue weighted by atomic mass is 9.97. The van der Waals surface area contributed by atoms with Crippen LogP contribution in [-0.4, -0.2) is 24.5 Å². The molecule has 0 aromatic heterocycles. The SMILES string of the molecule is CCOc1cc(F)ccc1NC(=O)C(NC(=O)c1ccccc1)C(C)CC. The Balaban J connectivity index is 2.19. The number of halogens is 1. The summed E-state index contributed by atoms with van der Waals surface area (Å²) in [4.78, 5) is 25.3. The van der Waals surface area contributed by atoms with Crippen molar-refractivity contribution in [1.82, 2.24) is 5.32 Å². The Morgan fingerprint density at radius 2 is 1.81 bits per heavy atom. The smallest absolute Gasteiger partial charge is 0.251 e. The van der Waals surface area contributed by atoms with Crippen LogP contribution >= 0.6 is 0 Å². The van der Waals surface area contributed by atoms with E-state index in [1.54, 1.807) is 31.2 Å². The third-order valence-electron chi connectivity index (χ3n) is 4.32. The molecule has 0 radical (unpaired) electrons.